The Morgan fingerprint density at radius 1 is 1.15 bits per heavy atom. The Labute approximate surface area is 77.4 Å². The molecule has 2 aliphatic rings. The molecule has 3 nitrogen and oxygen atoms in total. The summed E-state index contributed by atoms with van der Waals surface area (Å²) in [5.74, 6) is -0.0739. The summed E-state index contributed by atoms with van der Waals surface area (Å²) in [6.07, 6.45) is 1.85. The van der Waals surface area contributed by atoms with Crippen LogP contribution in [0.3, 0.4) is 0 Å². The number of fused-ring (bicyclic) bond motifs is 1. The smallest absolute Gasteiger partial charge is 0.317 e. The maximum absolute atomic E-state index is 11.3. The van der Waals surface area contributed by atoms with Crippen molar-refractivity contribution in [2.45, 2.75) is 26.7 Å². The first-order valence-corrected chi connectivity index (χ1v) is 4.87. The van der Waals surface area contributed by atoms with Crippen LogP contribution in [0, 0.1) is 23.7 Å². The lowest BCUT2D eigenvalue weighted by atomic mass is 9.69. The van der Waals surface area contributed by atoms with Gasteiger partial charge in [-0.25, -0.2) is 0 Å². The number of cyclic esters (lactones) is 2. The maximum atomic E-state index is 11.3. The third-order valence-electron chi connectivity index (χ3n) is 3.61. The first-order valence-electron chi connectivity index (χ1n) is 4.87. The van der Waals surface area contributed by atoms with Gasteiger partial charge in [-0.15, -0.1) is 0 Å². The summed E-state index contributed by atoms with van der Waals surface area (Å²) in [4.78, 5) is 22.6. The van der Waals surface area contributed by atoms with Crippen LogP contribution in [0.5, 0.6) is 0 Å². The quantitative estimate of drug-likeness (QED) is 0.419. The molecular formula is C10H14O3. The lowest BCUT2D eigenvalue weighted by Gasteiger charge is -2.31. The molecule has 0 aromatic rings. The van der Waals surface area contributed by atoms with Crippen molar-refractivity contribution in [3.63, 3.8) is 0 Å². The van der Waals surface area contributed by atoms with Crippen molar-refractivity contribution in [3.05, 3.63) is 0 Å². The van der Waals surface area contributed by atoms with Crippen molar-refractivity contribution >= 4 is 11.9 Å². The highest BCUT2D eigenvalue weighted by Gasteiger charge is 2.50. The Bertz CT molecular complexity index is 259. The molecule has 2 rings (SSSR count). The number of esters is 2. The molecule has 0 radical (unpaired) electrons. The molecular weight excluding hydrogens is 168 g/mol. The van der Waals surface area contributed by atoms with E-state index in [1.807, 2.05) is 6.92 Å². The number of hydrogen-bond donors (Lipinski definition) is 0. The number of rotatable bonds is 0. The van der Waals surface area contributed by atoms with E-state index in [4.69, 9.17) is 0 Å². The highest BCUT2D eigenvalue weighted by Crippen LogP contribution is 2.42. The Balaban J connectivity index is 2.25. The van der Waals surface area contributed by atoms with E-state index in [9.17, 15) is 9.59 Å². The van der Waals surface area contributed by atoms with E-state index in [1.165, 1.54) is 0 Å². The molecule has 0 amide bonds. The number of carbonyl (C=O) groups excluding carboxylic acids is 2. The van der Waals surface area contributed by atoms with Crippen molar-refractivity contribution in [1.29, 1.82) is 0 Å². The van der Waals surface area contributed by atoms with E-state index in [0.29, 0.717) is 5.92 Å². The molecule has 3 heteroatoms. The third kappa shape index (κ3) is 1.18. The minimum Gasteiger partial charge on any atom is -0.393 e. The normalized spacial score (nSPS) is 44.5. The Hall–Kier alpha value is -0.860. The monoisotopic (exact) mass is 182 g/mol. The summed E-state index contributed by atoms with van der Waals surface area (Å²) < 4.78 is 4.65. The zero-order valence-corrected chi connectivity index (χ0v) is 7.95. The van der Waals surface area contributed by atoms with Crippen LogP contribution in [0.15, 0.2) is 0 Å². The second kappa shape index (κ2) is 2.82. The predicted molar refractivity (Wildman–Crippen MR) is 45.6 cm³/mol. The third-order valence-corrected chi connectivity index (χ3v) is 3.61. The summed E-state index contributed by atoms with van der Waals surface area (Å²) in [5.41, 5.74) is 0. The van der Waals surface area contributed by atoms with Gasteiger partial charge in [-0.2, -0.15) is 0 Å². The van der Waals surface area contributed by atoms with Gasteiger partial charge >= 0.3 is 11.9 Å². The second-order valence-corrected chi connectivity index (χ2v) is 4.29. The first kappa shape index (κ1) is 8.73. The molecule has 1 aliphatic heterocycles. The second-order valence-electron chi connectivity index (χ2n) is 4.29. The molecule has 1 aliphatic carbocycles. The van der Waals surface area contributed by atoms with Crippen LogP contribution in [0.4, 0.5) is 0 Å². The van der Waals surface area contributed by atoms with Gasteiger partial charge < -0.3 is 4.74 Å². The van der Waals surface area contributed by atoms with Crippen LogP contribution in [-0.2, 0) is 14.3 Å². The molecule has 1 heterocycles. The van der Waals surface area contributed by atoms with Gasteiger partial charge in [0.15, 0.2) is 0 Å². The first-order chi connectivity index (χ1) is 6.11. The van der Waals surface area contributed by atoms with Crippen LogP contribution < -0.4 is 0 Å². The minimum absolute atomic E-state index is 0.140. The van der Waals surface area contributed by atoms with Gasteiger partial charge in [0.1, 0.15) is 0 Å². The summed E-state index contributed by atoms with van der Waals surface area (Å²) in [6, 6.07) is 0. The van der Waals surface area contributed by atoms with Crippen LogP contribution in [0.2, 0.25) is 0 Å². The highest BCUT2D eigenvalue weighted by atomic mass is 16.6. The van der Waals surface area contributed by atoms with Crippen molar-refractivity contribution in [2.75, 3.05) is 0 Å². The van der Waals surface area contributed by atoms with Gasteiger partial charge in [-0.1, -0.05) is 13.8 Å². The molecule has 0 aromatic carbocycles. The molecule has 0 spiro atoms. The van der Waals surface area contributed by atoms with Crippen LogP contribution >= 0.6 is 0 Å². The lowest BCUT2D eigenvalue weighted by Crippen LogP contribution is -2.33. The van der Waals surface area contributed by atoms with E-state index in [2.05, 4.69) is 11.7 Å². The van der Waals surface area contributed by atoms with Crippen molar-refractivity contribution in [2.24, 2.45) is 23.7 Å². The van der Waals surface area contributed by atoms with Gasteiger partial charge in [-0.3, -0.25) is 9.59 Å². The minimum atomic E-state index is -0.297. The molecule has 13 heavy (non-hydrogen) atoms. The van der Waals surface area contributed by atoms with Gasteiger partial charge in [0.25, 0.3) is 0 Å². The fourth-order valence-electron chi connectivity index (χ4n) is 2.49. The van der Waals surface area contributed by atoms with E-state index >= 15 is 0 Å². The van der Waals surface area contributed by atoms with E-state index in [0.717, 1.165) is 12.8 Å². The molecule has 0 N–H and O–H groups in total. The fourth-order valence-corrected chi connectivity index (χ4v) is 2.49. The van der Waals surface area contributed by atoms with Crippen molar-refractivity contribution < 1.29 is 14.3 Å². The van der Waals surface area contributed by atoms with Crippen LogP contribution in [0.1, 0.15) is 26.7 Å². The molecule has 4 atom stereocenters. The molecule has 0 aromatic heterocycles. The average Bonchev–Trinajstić information content (AvgIpc) is 2.35. The maximum Gasteiger partial charge on any atom is 0.317 e. The Morgan fingerprint density at radius 3 is 2.54 bits per heavy atom. The molecule has 1 saturated carbocycles. The topological polar surface area (TPSA) is 43.4 Å². The van der Waals surface area contributed by atoms with Gasteiger partial charge in [0.05, 0.1) is 11.8 Å². The van der Waals surface area contributed by atoms with Gasteiger partial charge in [-0.05, 0) is 24.7 Å². The van der Waals surface area contributed by atoms with E-state index in [-0.39, 0.29) is 29.7 Å². The van der Waals surface area contributed by atoms with Crippen molar-refractivity contribution in [3.8, 4) is 0 Å². The molecule has 0 bridgehead atoms. The molecule has 72 valence electrons. The van der Waals surface area contributed by atoms with Gasteiger partial charge in [0.2, 0.25) is 0 Å². The zero-order chi connectivity index (χ0) is 9.59. The SMILES string of the molecule is C[C@H]1[C@H]2C(=O)OC(=O)[C@@H]2CC[C@@H]1C. The van der Waals surface area contributed by atoms with Crippen LogP contribution in [0.25, 0.3) is 0 Å². The summed E-state index contributed by atoms with van der Waals surface area (Å²) >= 11 is 0. The van der Waals surface area contributed by atoms with Gasteiger partial charge in [0, 0.05) is 0 Å². The van der Waals surface area contributed by atoms with E-state index < -0.39 is 0 Å². The van der Waals surface area contributed by atoms with Crippen molar-refractivity contribution in [1.82, 2.24) is 0 Å². The summed E-state index contributed by atoms with van der Waals surface area (Å²) in [7, 11) is 0. The van der Waals surface area contributed by atoms with Crippen LogP contribution in [-0.4, -0.2) is 11.9 Å². The summed E-state index contributed by atoms with van der Waals surface area (Å²) in [5, 5.41) is 0. The Kier molecular flexibility index (Phi) is 1.90. The molecule has 2 fully saturated rings. The fraction of sp³-hybridized carbons (Fsp3) is 0.800. The number of ether oxygens (including phenoxy) is 1. The number of hydrogen-bond acceptors (Lipinski definition) is 3. The molecule has 0 unspecified atom stereocenters. The average molecular weight is 182 g/mol. The number of carbonyl (C=O) groups is 2. The van der Waals surface area contributed by atoms with E-state index in [1.54, 1.807) is 0 Å². The Morgan fingerprint density at radius 2 is 1.85 bits per heavy atom. The standard InChI is InChI=1S/C10H14O3/c1-5-3-4-7-8(6(5)2)10(12)13-9(7)11/h5-8H,3-4H2,1-2H3/t5-,6+,7+,8+/m0/s1. The zero-order valence-electron chi connectivity index (χ0n) is 7.95. The lowest BCUT2D eigenvalue weighted by molar-refractivity contribution is -0.154. The largest absolute Gasteiger partial charge is 0.393 e. The summed E-state index contributed by atoms with van der Waals surface area (Å²) in [6.45, 7) is 4.18. The highest BCUT2D eigenvalue weighted by molar-refractivity contribution is 5.96. The predicted octanol–water partition coefficient (Wildman–Crippen LogP) is 1.37. The molecule has 1 saturated heterocycles.